The van der Waals surface area contributed by atoms with E-state index in [-0.39, 0.29) is 35.6 Å². The number of carbonyl (C=O) groups excluding carboxylic acids is 6. The Morgan fingerprint density at radius 3 is 2.35 bits per heavy atom. The quantitative estimate of drug-likeness (QED) is 0.269. The number of phenolic OH excluding ortho intramolecular Hbond substituents is 1. The number of aliphatic hydroxyl groups is 1. The molecule has 2 fully saturated rings. The lowest BCUT2D eigenvalue weighted by atomic mass is 9.52. The van der Waals surface area contributed by atoms with E-state index in [1.807, 2.05) is 6.92 Å². The van der Waals surface area contributed by atoms with E-state index < -0.39 is 76.0 Å². The largest absolute Gasteiger partial charge is 0.507 e. The Labute approximate surface area is 251 Å². The SMILES string of the molecule is CCN(CC)CCCC(C)NC(=O)c1ccc(O)c2c1C[C@H]1C[C@H]3[C@H](N(C)C)C(=O)C(C(N)=O)C(=O)[C@@]3(O)C(=O)C1C2=O. The van der Waals surface area contributed by atoms with Gasteiger partial charge in [-0.3, -0.25) is 33.7 Å². The number of primary amides is 1. The minimum atomic E-state index is -2.79. The molecule has 4 rings (SSSR count). The highest BCUT2D eigenvalue weighted by Crippen LogP contribution is 2.51. The van der Waals surface area contributed by atoms with Gasteiger partial charge in [0.15, 0.2) is 34.7 Å². The summed E-state index contributed by atoms with van der Waals surface area (Å²) in [5.41, 5.74) is 2.83. The van der Waals surface area contributed by atoms with E-state index in [1.165, 1.54) is 31.1 Å². The monoisotopic (exact) mass is 598 g/mol. The van der Waals surface area contributed by atoms with Crippen molar-refractivity contribution in [1.29, 1.82) is 0 Å². The number of rotatable bonds is 10. The van der Waals surface area contributed by atoms with Gasteiger partial charge in [0.2, 0.25) is 5.91 Å². The fraction of sp³-hybridized carbons (Fsp3) is 0.613. The van der Waals surface area contributed by atoms with E-state index in [2.05, 4.69) is 24.1 Å². The van der Waals surface area contributed by atoms with Gasteiger partial charge in [0.25, 0.3) is 5.91 Å². The standard InChI is InChI=1S/C31H42N4O8/c1-6-35(7-2)12-8-9-15(3)33-30(42)17-10-11-20(36)22-18(17)13-16-14-19-24(34(4)5)26(38)23(29(32)41)28(40)31(19,43)27(39)21(16)25(22)37/h10-11,15-16,19,21,23-24,36,43H,6-9,12-14H2,1-5H3,(H2,32,41)(H,33,42)/t15?,16-,19-,21?,23?,24-,31-/m0/s1. The van der Waals surface area contributed by atoms with Crippen LogP contribution in [0.25, 0.3) is 0 Å². The molecule has 0 radical (unpaired) electrons. The molecule has 2 saturated carbocycles. The molecule has 7 atom stereocenters. The van der Waals surface area contributed by atoms with E-state index in [9.17, 15) is 39.0 Å². The topological polar surface area (TPSA) is 187 Å². The van der Waals surface area contributed by atoms with Gasteiger partial charge >= 0.3 is 0 Å². The summed E-state index contributed by atoms with van der Waals surface area (Å²) in [7, 11) is 3.05. The van der Waals surface area contributed by atoms with E-state index in [0.29, 0.717) is 0 Å². The van der Waals surface area contributed by atoms with E-state index in [4.69, 9.17) is 5.73 Å². The van der Waals surface area contributed by atoms with Crippen molar-refractivity contribution >= 4 is 34.9 Å². The first-order chi connectivity index (χ1) is 20.2. The number of hydrogen-bond donors (Lipinski definition) is 4. The Morgan fingerprint density at radius 2 is 1.77 bits per heavy atom. The average molecular weight is 599 g/mol. The highest BCUT2D eigenvalue weighted by atomic mass is 16.3. The second-order valence-electron chi connectivity index (χ2n) is 12.3. The summed E-state index contributed by atoms with van der Waals surface area (Å²) >= 11 is 0. The van der Waals surface area contributed by atoms with Crippen LogP contribution in [0.4, 0.5) is 0 Å². The van der Waals surface area contributed by atoms with Gasteiger partial charge in [-0.25, -0.2) is 0 Å². The fourth-order valence-corrected chi connectivity index (χ4v) is 7.35. The number of aromatic hydroxyl groups is 1. The molecule has 0 bridgehead atoms. The summed E-state index contributed by atoms with van der Waals surface area (Å²) in [5.74, 6) is -11.7. The lowest BCUT2D eigenvalue weighted by molar-refractivity contribution is -0.181. The predicted molar refractivity (Wildman–Crippen MR) is 155 cm³/mol. The van der Waals surface area contributed by atoms with Crippen LogP contribution in [0.15, 0.2) is 12.1 Å². The normalized spacial score (nSPS) is 29.3. The van der Waals surface area contributed by atoms with Crippen molar-refractivity contribution in [2.45, 2.75) is 64.1 Å². The Hall–Kier alpha value is -3.48. The number of benzene rings is 1. The number of hydrogen-bond acceptors (Lipinski definition) is 10. The zero-order valence-electron chi connectivity index (χ0n) is 25.4. The molecule has 3 aliphatic rings. The molecular formula is C31H42N4O8. The molecule has 1 aromatic carbocycles. The molecule has 0 aromatic heterocycles. The summed E-state index contributed by atoms with van der Waals surface area (Å²) in [5, 5.41) is 25.4. The molecule has 234 valence electrons. The first kappa shape index (κ1) is 32.4. The van der Waals surface area contributed by atoms with Crippen LogP contribution < -0.4 is 11.1 Å². The molecular weight excluding hydrogens is 556 g/mol. The maximum absolute atomic E-state index is 13.9. The van der Waals surface area contributed by atoms with Gasteiger partial charge in [0, 0.05) is 17.5 Å². The highest BCUT2D eigenvalue weighted by Gasteiger charge is 2.69. The first-order valence-electron chi connectivity index (χ1n) is 14.9. The maximum atomic E-state index is 13.9. The van der Waals surface area contributed by atoms with E-state index in [0.717, 1.165) is 32.5 Å². The Kier molecular flexibility index (Phi) is 9.24. The van der Waals surface area contributed by atoms with Crippen molar-refractivity contribution in [2.75, 3.05) is 33.7 Å². The molecule has 2 amide bonds. The van der Waals surface area contributed by atoms with Crippen LogP contribution >= 0.6 is 0 Å². The van der Waals surface area contributed by atoms with Crippen molar-refractivity contribution in [3.8, 4) is 5.75 Å². The van der Waals surface area contributed by atoms with Crippen molar-refractivity contribution in [3.05, 3.63) is 28.8 Å². The van der Waals surface area contributed by atoms with Gasteiger partial charge in [-0.2, -0.15) is 0 Å². The number of Topliss-reactive ketones (excluding diaryl/α,β-unsaturated/α-hetero) is 4. The number of nitrogens with one attached hydrogen (secondary N) is 1. The highest BCUT2D eigenvalue weighted by molar-refractivity contribution is 6.32. The summed E-state index contributed by atoms with van der Waals surface area (Å²) in [6.45, 7) is 8.87. The number of amides is 2. The summed E-state index contributed by atoms with van der Waals surface area (Å²) < 4.78 is 0. The van der Waals surface area contributed by atoms with Gasteiger partial charge in [-0.1, -0.05) is 13.8 Å². The van der Waals surface area contributed by atoms with Crippen LogP contribution in [-0.2, 0) is 25.6 Å². The lowest BCUT2D eigenvalue weighted by Gasteiger charge is -2.52. The molecule has 0 saturated heterocycles. The number of nitrogens with two attached hydrogens (primary N) is 1. The number of ketones is 4. The zero-order chi connectivity index (χ0) is 32.0. The van der Waals surface area contributed by atoms with E-state index >= 15 is 0 Å². The summed E-state index contributed by atoms with van der Waals surface area (Å²) in [6, 6.07) is 1.31. The van der Waals surface area contributed by atoms with Crippen molar-refractivity contribution < 1.29 is 39.0 Å². The van der Waals surface area contributed by atoms with Crippen molar-refractivity contribution in [3.63, 3.8) is 0 Å². The second-order valence-corrected chi connectivity index (χ2v) is 12.3. The summed E-state index contributed by atoms with van der Waals surface area (Å²) in [4.78, 5) is 83.6. The second kappa shape index (κ2) is 12.3. The number of nitrogens with zero attached hydrogens (tertiary/aromatic N) is 2. The Balaban J connectivity index is 1.66. The fourth-order valence-electron chi connectivity index (χ4n) is 7.35. The molecule has 12 nitrogen and oxygen atoms in total. The van der Waals surface area contributed by atoms with Crippen LogP contribution in [0.2, 0.25) is 0 Å². The molecule has 1 aromatic rings. The number of phenols is 1. The van der Waals surface area contributed by atoms with Crippen LogP contribution in [-0.4, -0.2) is 106 Å². The smallest absolute Gasteiger partial charge is 0.251 e. The molecule has 43 heavy (non-hydrogen) atoms. The van der Waals surface area contributed by atoms with E-state index in [1.54, 1.807) is 0 Å². The molecule has 0 spiro atoms. The van der Waals surface area contributed by atoms with Gasteiger partial charge in [0.1, 0.15) is 5.75 Å². The molecule has 3 aliphatic carbocycles. The number of carbonyl (C=O) groups is 6. The molecule has 5 N–H and O–H groups in total. The van der Waals surface area contributed by atoms with Gasteiger partial charge in [0.05, 0.1) is 17.5 Å². The third-order valence-corrected chi connectivity index (χ3v) is 9.57. The predicted octanol–water partition coefficient (Wildman–Crippen LogP) is 0.107. The third-order valence-electron chi connectivity index (χ3n) is 9.57. The molecule has 3 unspecified atom stereocenters. The van der Waals surface area contributed by atoms with Crippen LogP contribution in [0.1, 0.15) is 66.3 Å². The zero-order valence-corrected chi connectivity index (χ0v) is 25.4. The van der Waals surface area contributed by atoms with Gasteiger partial charge in [-0.15, -0.1) is 0 Å². The molecule has 12 heteroatoms. The van der Waals surface area contributed by atoms with Gasteiger partial charge < -0.3 is 26.2 Å². The first-order valence-corrected chi connectivity index (χ1v) is 14.9. The Bertz CT molecular complexity index is 1360. The maximum Gasteiger partial charge on any atom is 0.251 e. The average Bonchev–Trinajstić information content (AvgIpc) is 2.92. The third kappa shape index (κ3) is 5.40. The van der Waals surface area contributed by atoms with Crippen LogP contribution in [0.5, 0.6) is 5.75 Å². The Morgan fingerprint density at radius 1 is 1.12 bits per heavy atom. The van der Waals surface area contributed by atoms with Crippen molar-refractivity contribution in [2.24, 2.45) is 29.4 Å². The van der Waals surface area contributed by atoms with Crippen molar-refractivity contribution in [1.82, 2.24) is 15.1 Å². The minimum absolute atomic E-state index is 0.0271. The van der Waals surface area contributed by atoms with Gasteiger partial charge in [-0.05, 0) is 90.0 Å². The lowest BCUT2D eigenvalue weighted by Crippen LogP contribution is -2.74. The van der Waals surface area contributed by atoms with Crippen LogP contribution in [0, 0.1) is 23.7 Å². The summed E-state index contributed by atoms with van der Waals surface area (Å²) in [6.07, 6.45) is 1.56. The molecule has 0 heterocycles. The number of fused-ring (bicyclic) bond motifs is 3. The molecule has 0 aliphatic heterocycles. The number of likely N-dealkylation sites (N-methyl/N-ethyl adjacent to an activating group) is 1. The minimum Gasteiger partial charge on any atom is -0.507 e. The van der Waals surface area contributed by atoms with Crippen LogP contribution in [0.3, 0.4) is 0 Å².